The van der Waals surface area contributed by atoms with Crippen LogP contribution in [0.25, 0.3) is 0 Å². The minimum absolute atomic E-state index is 0.222. The summed E-state index contributed by atoms with van der Waals surface area (Å²) in [5.74, 6) is -0.222. The predicted molar refractivity (Wildman–Crippen MR) is 110 cm³/mol. The van der Waals surface area contributed by atoms with Gasteiger partial charge >= 0.3 is 0 Å². The number of aryl methyl sites for hydroxylation is 2. The maximum Gasteiger partial charge on any atom is 0.123 e. The monoisotopic (exact) mass is 361 g/mol. The number of allylic oxidation sites excluding steroid dienone is 1. The molecule has 0 fully saturated rings. The first kappa shape index (κ1) is 18.2. The Morgan fingerprint density at radius 1 is 0.923 bits per heavy atom. The number of halogens is 1. The highest BCUT2D eigenvalue weighted by atomic mass is 32.2. The van der Waals surface area contributed by atoms with E-state index in [0.717, 1.165) is 21.9 Å². The third-order valence-corrected chi connectivity index (χ3v) is 4.73. The van der Waals surface area contributed by atoms with Crippen molar-refractivity contribution in [3.05, 3.63) is 107 Å². The molecule has 3 rings (SSSR count). The molecule has 0 aromatic heterocycles. The Hall–Kier alpha value is -2.65. The summed E-state index contributed by atoms with van der Waals surface area (Å²) in [5.41, 5.74) is 5.29. The number of aliphatic imine (C=N–C) groups is 1. The molecule has 3 heteroatoms. The summed E-state index contributed by atoms with van der Waals surface area (Å²) >= 11 is 1.54. The maximum absolute atomic E-state index is 13.0. The van der Waals surface area contributed by atoms with Crippen molar-refractivity contribution in [3.63, 3.8) is 0 Å². The fraction of sp³-hybridized carbons (Fsp3) is 0.0870. The van der Waals surface area contributed by atoms with E-state index in [4.69, 9.17) is 4.99 Å². The second kappa shape index (κ2) is 8.63. The Balaban J connectivity index is 1.91. The van der Waals surface area contributed by atoms with Crippen molar-refractivity contribution >= 4 is 23.2 Å². The number of benzene rings is 3. The van der Waals surface area contributed by atoms with Crippen LogP contribution >= 0.6 is 11.8 Å². The number of hydrogen-bond donors (Lipinski definition) is 0. The normalized spacial score (nSPS) is 11.9. The quantitative estimate of drug-likeness (QED) is 0.357. The average Bonchev–Trinajstić information content (AvgIpc) is 2.63. The van der Waals surface area contributed by atoms with E-state index in [-0.39, 0.29) is 5.82 Å². The van der Waals surface area contributed by atoms with Crippen molar-refractivity contribution in [2.45, 2.75) is 18.7 Å². The fourth-order valence-corrected chi connectivity index (χ4v) is 3.22. The summed E-state index contributed by atoms with van der Waals surface area (Å²) in [4.78, 5) is 5.84. The molecule has 0 aliphatic heterocycles. The average molecular weight is 361 g/mol. The van der Waals surface area contributed by atoms with Crippen LogP contribution in [0.2, 0.25) is 0 Å². The van der Waals surface area contributed by atoms with Gasteiger partial charge in [0.15, 0.2) is 0 Å². The Morgan fingerprint density at radius 3 is 2.42 bits per heavy atom. The molecule has 1 nitrogen and oxygen atoms in total. The van der Waals surface area contributed by atoms with E-state index < -0.39 is 0 Å². The zero-order valence-corrected chi connectivity index (χ0v) is 15.6. The first-order valence-corrected chi connectivity index (χ1v) is 9.30. The van der Waals surface area contributed by atoms with Gasteiger partial charge in [0.25, 0.3) is 0 Å². The zero-order valence-electron chi connectivity index (χ0n) is 14.8. The first-order chi connectivity index (χ1) is 12.6. The number of rotatable bonds is 5. The van der Waals surface area contributed by atoms with Crippen molar-refractivity contribution in [2.24, 2.45) is 4.99 Å². The smallest absolute Gasteiger partial charge is 0.123 e. The summed E-state index contributed by atoms with van der Waals surface area (Å²) in [5, 5.41) is 1.99. The van der Waals surface area contributed by atoms with Gasteiger partial charge in [0, 0.05) is 10.5 Å². The molecule has 130 valence electrons. The Bertz CT molecular complexity index is 942. The first-order valence-electron chi connectivity index (χ1n) is 8.42. The fourth-order valence-electron chi connectivity index (χ4n) is 2.57. The molecule has 0 aliphatic rings. The largest absolute Gasteiger partial charge is 0.248 e. The highest BCUT2D eigenvalue weighted by molar-refractivity contribution is 8.02. The van der Waals surface area contributed by atoms with Crippen LogP contribution in [0.3, 0.4) is 0 Å². The van der Waals surface area contributed by atoms with Crippen molar-refractivity contribution < 1.29 is 4.39 Å². The van der Waals surface area contributed by atoms with Crippen LogP contribution < -0.4 is 0 Å². The van der Waals surface area contributed by atoms with E-state index >= 15 is 0 Å². The van der Waals surface area contributed by atoms with Gasteiger partial charge in [-0.25, -0.2) is 9.38 Å². The lowest BCUT2D eigenvalue weighted by Crippen LogP contribution is -1.99. The van der Waals surface area contributed by atoms with E-state index in [9.17, 15) is 4.39 Å². The van der Waals surface area contributed by atoms with Gasteiger partial charge in [-0.3, -0.25) is 0 Å². The standard InChI is InChI=1S/C23H20FNS/c1-17-6-5-8-20(16-17)25-23(22-9-4-3-7-18(22)2)14-15-26-21-12-10-19(24)11-13-21/h3-16H,1-2H3. The Morgan fingerprint density at radius 2 is 1.69 bits per heavy atom. The molecule has 0 amide bonds. The minimum Gasteiger partial charge on any atom is -0.248 e. The van der Waals surface area contributed by atoms with Gasteiger partial charge in [0.05, 0.1) is 11.4 Å². The van der Waals surface area contributed by atoms with Crippen LogP contribution in [-0.2, 0) is 0 Å². The molecule has 0 spiro atoms. The van der Waals surface area contributed by atoms with Gasteiger partial charge < -0.3 is 0 Å². The maximum atomic E-state index is 13.0. The van der Waals surface area contributed by atoms with Crippen molar-refractivity contribution in [2.75, 3.05) is 0 Å². The van der Waals surface area contributed by atoms with Gasteiger partial charge in [-0.2, -0.15) is 0 Å². The van der Waals surface area contributed by atoms with Crippen LogP contribution in [0, 0.1) is 19.7 Å². The molecule has 3 aromatic carbocycles. The van der Waals surface area contributed by atoms with Crippen LogP contribution in [0.5, 0.6) is 0 Å². The molecule has 0 saturated carbocycles. The minimum atomic E-state index is -0.222. The van der Waals surface area contributed by atoms with Gasteiger partial charge in [-0.15, -0.1) is 0 Å². The predicted octanol–water partition coefficient (Wildman–Crippen LogP) is 6.87. The molecule has 26 heavy (non-hydrogen) atoms. The van der Waals surface area contributed by atoms with E-state index in [1.807, 2.05) is 35.7 Å². The lowest BCUT2D eigenvalue weighted by atomic mass is 10.0. The highest BCUT2D eigenvalue weighted by Gasteiger charge is 2.04. The van der Waals surface area contributed by atoms with Crippen LogP contribution in [-0.4, -0.2) is 5.71 Å². The summed E-state index contributed by atoms with van der Waals surface area (Å²) in [6, 6.07) is 22.9. The highest BCUT2D eigenvalue weighted by Crippen LogP contribution is 2.22. The topological polar surface area (TPSA) is 12.4 Å². The van der Waals surface area contributed by atoms with Gasteiger partial charge in [-0.1, -0.05) is 48.2 Å². The van der Waals surface area contributed by atoms with Crippen LogP contribution in [0.15, 0.2) is 94.2 Å². The Labute approximate surface area is 158 Å². The summed E-state index contributed by atoms with van der Waals surface area (Å²) in [6.45, 7) is 4.15. The second-order valence-electron chi connectivity index (χ2n) is 6.03. The molecule has 0 unspecified atom stereocenters. The molecule has 0 saturated heterocycles. The van der Waals surface area contributed by atoms with Crippen LogP contribution in [0.4, 0.5) is 10.1 Å². The van der Waals surface area contributed by atoms with E-state index in [0.29, 0.717) is 0 Å². The number of thioether (sulfide) groups is 1. The molecular formula is C23H20FNS. The summed E-state index contributed by atoms with van der Waals surface area (Å²) in [7, 11) is 0. The molecule has 0 radical (unpaired) electrons. The van der Waals surface area contributed by atoms with Gasteiger partial charge in [0.1, 0.15) is 5.82 Å². The SMILES string of the molecule is Cc1cccc(N=C(C=CSc2ccc(F)cc2)c2ccccc2C)c1. The summed E-state index contributed by atoms with van der Waals surface area (Å²) in [6.07, 6.45) is 2.01. The zero-order chi connectivity index (χ0) is 18.4. The van der Waals surface area contributed by atoms with E-state index in [1.54, 1.807) is 23.9 Å². The third kappa shape index (κ3) is 4.93. The molecule has 3 aromatic rings. The van der Waals surface area contributed by atoms with Crippen molar-refractivity contribution in [1.82, 2.24) is 0 Å². The van der Waals surface area contributed by atoms with Gasteiger partial charge in [-0.05, 0) is 72.9 Å². The van der Waals surface area contributed by atoms with Gasteiger partial charge in [0.2, 0.25) is 0 Å². The van der Waals surface area contributed by atoms with Crippen molar-refractivity contribution in [1.29, 1.82) is 0 Å². The Kier molecular flexibility index (Phi) is 6.03. The molecule has 0 atom stereocenters. The third-order valence-electron chi connectivity index (χ3n) is 3.92. The summed E-state index contributed by atoms with van der Waals surface area (Å²) < 4.78 is 13.0. The van der Waals surface area contributed by atoms with Crippen LogP contribution in [0.1, 0.15) is 16.7 Å². The lowest BCUT2D eigenvalue weighted by molar-refractivity contribution is 0.626. The number of nitrogens with zero attached hydrogens (tertiary/aromatic N) is 1. The molecule has 0 bridgehead atoms. The molecule has 0 aliphatic carbocycles. The van der Waals surface area contributed by atoms with E-state index in [1.165, 1.54) is 23.3 Å². The second-order valence-corrected chi connectivity index (χ2v) is 7.00. The molecular weight excluding hydrogens is 341 g/mol. The molecule has 0 heterocycles. The number of hydrogen-bond acceptors (Lipinski definition) is 2. The van der Waals surface area contributed by atoms with E-state index in [2.05, 4.69) is 38.1 Å². The van der Waals surface area contributed by atoms with Crippen molar-refractivity contribution in [3.8, 4) is 0 Å². The molecule has 0 N–H and O–H groups in total. The lowest BCUT2D eigenvalue weighted by Gasteiger charge is -2.07.